The van der Waals surface area contributed by atoms with E-state index in [4.69, 9.17) is 5.48 Å². The summed E-state index contributed by atoms with van der Waals surface area (Å²) in [5.74, 6) is 0. The van der Waals surface area contributed by atoms with Crippen LogP contribution in [0, 0.1) is 22.7 Å². The van der Waals surface area contributed by atoms with Gasteiger partial charge in [0.2, 0.25) is 0 Å². The Morgan fingerprint density at radius 1 is 0.314 bits per heavy atom. The number of nitriles is 2. The first-order valence-electron chi connectivity index (χ1n) is 40.2. The van der Waals surface area contributed by atoms with Gasteiger partial charge in [0.25, 0.3) is 6.71 Å². The fraction of sp³-hybridized carbons (Fsp3) is 0.0851. The summed E-state index contributed by atoms with van der Waals surface area (Å²) < 4.78 is 119. The van der Waals surface area contributed by atoms with E-state index in [-0.39, 0.29) is 56.0 Å². The number of hydrogen-bond donors (Lipinski definition) is 0. The second kappa shape index (κ2) is 22.8. The van der Waals surface area contributed by atoms with Crippen molar-refractivity contribution in [1.29, 1.82) is 10.5 Å². The summed E-state index contributed by atoms with van der Waals surface area (Å²) in [6.45, 7) is 12.5. The third-order valence-corrected chi connectivity index (χ3v) is 20.6. The summed E-state index contributed by atoms with van der Waals surface area (Å²) in [5.41, 5.74) is 16.7. The third kappa shape index (κ3) is 9.48. The lowest BCUT2D eigenvalue weighted by Crippen LogP contribution is -2.61. The van der Waals surface area contributed by atoms with E-state index in [0.29, 0.717) is 56.4 Å². The number of hydrogen-bond acceptors (Lipinski definition) is 4. The molecule has 0 N–H and O–H groups in total. The standard InChI is InChI=1S/C94H68BN7/c1-93(2,3)67-36-42-86-78(51-67)79-52-68(94(4,5)6)37-43-87(79)100(86)73-55-90-92-91(56-73)102(72-48-65(62-24-12-8-13-25-62)47-66(49-72)63-26-14-9-15-27-63)88-50-64(61-22-10-7-11-23-61)35-39-80(88)95(92)81-40-38-69(98-84-33-21-18-30-76(84)77-46-59(57-96)34-41-85(77)98)54-89(81)101(90)71-45-60(58-97)44-70(53-71)99-82-31-19-16-28-74(82)75-29-17-20-32-83(75)99/h7-56H,1-6H3/i7D,10D,11D,18D,21D,22D,23D,30D,33D,34D,41D,46D. The minimum absolute atomic E-state index is 0.00398. The summed E-state index contributed by atoms with van der Waals surface area (Å²) in [5, 5.41) is 26.2. The van der Waals surface area contributed by atoms with Crippen molar-refractivity contribution in [3.63, 3.8) is 0 Å². The van der Waals surface area contributed by atoms with E-state index < -0.39 is 72.7 Å². The van der Waals surface area contributed by atoms with Gasteiger partial charge < -0.3 is 23.5 Å². The van der Waals surface area contributed by atoms with Crippen LogP contribution in [0.15, 0.2) is 303 Å². The van der Waals surface area contributed by atoms with Gasteiger partial charge in [0, 0.05) is 77.8 Å². The largest absolute Gasteiger partial charge is 0.311 e. The molecule has 0 radical (unpaired) electrons. The van der Waals surface area contributed by atoms with Crippen LogP contribution < -0.4 is 26.2 Å². The molecule has 0 fully saturated rings. The Hall–Kier alpha value is -12.9. The van der Waals surface area contributed by atoms with Crippen LogP contribution in [0.25, 0.3) is 116 Å². The molecule has 2 aliphatic heterocycles. The van der Waals surface area contributed by atoms with Gasteiger partial charge in [0.1, 0.15) is 0 Å². The Balaban J connectivity index is 1.02. The van der Waals surface area contributed by atoms with E-state index in [2.05, 4.69) is 188 Å². The van der Waals surface area contributed by atoms with E-state index in [1.54, 1.807) is 0 Å². The Labute approximate surface area is 610 Å². The van der Waals surface area contributed by atoms with Crippen LogP contribution in [0.4, 0.5) is 34.1 Å². The minimum atomic E-state index is -0.756. The summed E-state index contributed by atoms with van der Waals surface area (Å²) >= 11 is 0. The molecule has 0 atom stereocenters. The minimum Gasteiger partial charge on any atom is -0.311 e. The van der Waals surface area contributed by atoms with Gasteiger partial charge >= 0.3 is 0 Å². The average Bonchev–Trinajstić information content (AvgIpc) is 1.06. The van der Waals surface area contributed by atoms with E-state index in [1.807, 2.05) is 115 Å². The van der Waals surface area contributed by atoms with Gasteiger partial charge in [-0.25, -0.2) is 0 Å². The normalized spacial score (nSPS) is 14.4. The molecule has 3 aromatic heterocycles. The highest BCUT2D eigenvalue weighted by atomic mass is 15.2. The lowest BCUT2D eigenvalue weighted by atomic mass is 9.33. The lowest BCUT2D eigenvalue weighted by molar-refractivity contribution is 0.590. The molecule has 102 heavy (non-hydrogen) atoms. The van der Waals surface area contributed by atoms with E-state index in [1.165, 1.54) is 4.57 Å². The number of benzene rings is 14. The van der Waals surface area contributed by atoms with Gasteiger partial charge in [-0.15, -0.1) is 0 Å². The molecular formula is C94H68BN7. The highest BCUT2D eigenvalue weighted by Crippen LogP contribution is 2.50. The summed E-state index contributed by atoms with van der Waals surface area (Å²) in [7, 11) is 0. The predicted octanol–water partition coefficient (Wildman–Crippen LogP) is 22.4. The van der Waals surface area contributed by atoms with Crippen molar-refractivity contribution in [2.24, 2.45) is 0 Å². The maximum Gasteiger partial charge on any atom is 0.252 e. The molecule has 0 saturated carbocycles. The second-order valence-corrected chi connectivity index (χ2v) is 28.7. The first-order valence-corrected chi connectivity index (χ1v) is 34.2. The van der Waals surface area contributed by atoms with Crippen LogP contribution in [-0.4, -0.2) is 20.4 Å². The van der Waals surface area contributed by atoms with Gasteiger partial charge in [-0.3, -0.25) is 0 Å². The van der Waals surface area contributed by atoms with Crippen molar-refractivity contribution in [2.75, 3.05) is 9.80 Å². The molecule has 19 rings (SSSR count). The molecular weight excluding hydrogens is 1240 g/mol. The molecule has 0 aliphatic carbocycles. The monoisotopic (exact) mass is 1320 g/mol. The molecule has 2 aliphatic rings. The van der Waals surface area contributed by atoms with E-state index >= 15 is 0 Å². The zero-order valence-corrected chi connectivity index (χ0v) is 56.6. The Bertz CT molecular complexity index is 7010. The van der Waals surface area contributed by atoms with Gasteiger partial charge in [-0.1, -0.05) is 217 Å². The van der Waals surface area contributed by atoms with Crippen LogP contribution in [0.2, 0.25) is 0 Å². The molecule has 5 heterocycles. The van der Waals surface area contributed by atoms with Crippen molar-refractivity contribution in [1.82, 2.24) is 13.7 Å². The summed E-state index contributed by atoms with van der Waals surface area (Å²) in [4.78, 5) is 4.40. The second-order valence-electron chi connectivity index (χ2n) is 28.7. The number of nitrogens with zero attached hydrogens (tertiary/aromatic N) is 7. The van der Waals surface area contributed by atoms with Crippen molar-refractivity contribution >= 4 is 123 Å². The molecule has 0 unspecified atom stereocenters. The number of rotatable bonds is 8. The summed E-state index contributed by atoms with van der Waals surface area (Å²) in [6, 6.07) is 76.9. The smallest absolute Gasteiger partial charge is 0.252 e. The number of anilines is 6. The molecule has 0 bridgehead atoms. The first kappa shape index (κ1) is 48.8. The molecule has 0 saturated heterocycles. The maximum absolute atomic E-state index is 11.7. The summed E-state index contributed by atoms with van der Waals surface area (Å²) in [6.07, 6.45) is 0. The Kier molecular flexibility index (Phi) is 10.9. The van der Waals surface area contributed by atoms with E-state index in [0.717, 1.165) is 93.6 Å². The fourth-order valence-corrected chi connectivity index (χ4v) is 15.9. The highest BCUT2D eigenvalue weighted by molar-refractivity contribution is 7.00. The van der Waals surface area contributed by atoms with Crippen molar-refractivity contribution in [2.45, 2.75) is 52.4 Å². The van der Waals surface area contributed by atoms with Gasteiger partial charge in [0.05, 0.1) is 78.5 Å². The molecule has 8 heteroatoms. The van der Waals surface area contributed by atoms with Crippen molar-refractivity contribution in [3.8, 4) is 62.6 Å². The predicted molar refractivity (Wildman–Crippen MR) is 427 cm³/mol. The number of aromatic nitrogens is 3. The fourth-order valence-electron chi connectivity index (χ4n) is 15.9. The number of fused-ring (bicyclic) bond motifs is 13. The molecule has 0 amide bonds. The molecule has 482 valence electrons. The van der Waals surface area contributed by atoms with Gasteiger partial charge in [-0.2, -0.15) is 10.5 Å². The topological polar surface area (TPSA) is 68.8 Å². The number of para-hydroxylation sites is 3. The Morgan fingerprint density at radius 3 is 1.40 bits per heavy atom. The van der Waals surface area contributed by atoms with Gasteiger partial charge in [-0.05, 0) is 199 Å². The highest BCUT2D eigenvalue weighted by Gasteiger charge is 2.45. The van der Waals surface area contributed by atoms with E-state index in [9.17, 15) is 21.5 Å². The lowest BCUT2D eigenvalue weighted by Gasteiger charge is -2.45. The zero-order valence-electron chi connectivity index (χ0n) is 68.6. The first-order chi connectivity index (χ1) is 54.7. The molecule has 0 spiro atoms. The van der Waals surface area contributed by atoms with Crippen LogP contribution >= 0.6 is 0 Å². The van der Waals surface area contributed by atoms with Crippen molar-refractivity contribution < 1.29 is 16.4 Å². The van der Waals surface area contributed by atoms with Crippen LogP contribution in [-0.2, 0) is 10.8 Å². The Morgan fingerprint density at radius 2 is 0.804 bits per heavy atom. The molecule has 14 aromatic carbocycles. The zero-order chi connectivity index (χ0) is 79.3. The maximum atomic E-state index is 11.7. The molecule has 17 aromatic rings. The van der Waals surface area contributed by atoms with Crippen LogP contribution in [0.1, 0.15) is 80.2 Å². The van der Waals surface area contributed by atoms with Crippen molar-refractivity contribution in [3.05, 3.63) is 325 Å². The SMILES string of the molecule is [2H]c1c([2H])c([2H])c(-c2ccc3c(c2)N(c2cc(-c4ccccc4)cc(-c4ccccc4)c2)c2cc(-n4c5ccc(C(C)(C)C)cc5c5cc(C(C)(C)C)ccc54)cc4c2B3c2ccc(-n3c5c([2H])c([2H])c([2H])c([2H])c5c5c([2H])c(C#N)c([2H])c([2H])c53)cc2N4c2cc(C#N)cc(-n3c4ccccc4c4ccccc43)c2)c([2H])c1[2H]. The van der Waals surface area contributed by atoms with Crippen LogP contribution in [0.5, 0.6) is 0 Å². The quantitative estimate of drug-likeness (QED) is 0.142. The van der Waals surface area contributed by atoms with Gasteiger partial charge in [0.15, 0.2) is 0 Å². The molecule has 7 nitrogen and oxygen atoms in total. The third-order valence-electron chi connectivity index (χ3n) is 20.6. The average molecular weight is 1320 g/mol. The van der Waals surface area contributed by atoms with Crippen LogP contribution in [0.3, 0.4) is 0 Å².